The molecule has 0 aliphatic rings. The van der Waals surface area contributed by atoms with Gasteiger partial charge in [0.15, 0.2) is 0 Å². The first kappa shape index (κ1) is 13.9. The highest BCUT2D eigenvalue weighted by Crippen LogP contribution is 2.23. The molecule has 0 spiro atoms. The van der Waals surface area contributed by atoms with Crippen molar-refractivity contribution in [1.82, 2.24) is 4.98 Å². The van der Waals surface area contributed by atoms with Crippen LogP contribution in [0.1, 0.15) is 10.7 Å². The molecule has 0 unspecified atom stereocenters. The van der Waals surface area contributed by atoms with Gasteiger partial charge in [0.25, 0.3) is 0 Å². The second-order valence-electron chi connectivity index (χ2n) is 4.07. The second-order valence-corrected chi connectivity index (χ2v) is 5.01. The third-order valence-electron chi connectivity index (χ3n) is 2.44. The van der Waals surface area contributed by atoms with Gasteiger partial charge in [-0.3, -0.25) is 0 Å². The van der Waals surface area contributed by atoms with Crippen molar-refractivity contribution in [2.75, 3.05) is 11.9 Å². The lowest BCUT2D eigenvalue weighted by atomic mass is 10.3. The van der Waals surface area contributed by atoms with Gasteiger partial charge in [-0.15, -0.1) is 11.3 Å². The number of anilines is 1. The second kappa shape index (κ2) is 6.06. The molecule has 6 heteroatoms. The Hall–Kier alpha value is -1.56. The maximum Gasteiger partial charge on any atom is 0.395 e. The zero-order valence-corrected chi connectivity index (χ0v) is 10.9. The van der Waals surface area contributed by atoms with Crippen LogP contribution in [0.2, 0.25) is 0 Å². The standard InChI is InChI=1S/C13H13F3N2S/c14-13(15,16)8-12-18-11(9-19-12)6-7-17-10-4-2-1-3-5-10/h1-5,9,17H,6-8H2. The molecule has 2 nitrogen and oxygen atoms in total. The van der Waals surface area contributed by atoms with E-state index in [1.807, 2.05) is 30.3 Å². The summed E-state index contributed by atoms with van der Waals surface area (Å²) in [5, 5.41) is 5.01. The minimum Gasteiger partial charge on any atom is -0.385 e. The summed E-state index contributed by atoms with van der Waals surface area (Å²) in [7, 11) is 0. The van der Waals surface area contributed by atoms with Crippen molar-refractivity contribution in [3.05, 3.63) is 46.4 Å². The van der Waals surface area contributed by atoms with Crippen molar-refractivity contribution in [2.45, 2.75) is 19.0 Å². The molecule has 1 N–H and O–H groups in total. The fourth-order valence-electron chi connectivity index (χ4n) is 1.61. The normalized spacial score (nSPS) is 11.5. The summed E-state index contributed by atoms with van der Waals surface area (Å²) in [5.41, 5.74) is 1.70. The van der Waals surface area contributed by atoms with Gasteiger partial charge in [-0.25, -0.2) is 4.98 Å². The summed E-state index contributed by atoms with van der Waals surface area (Å²) in [6, 6.07) is 9.65. The van der Waals surface area contributed by atoms with E-state index < -0.39 is 12.6 Å². The van der Waals surface area contributed by atoms with E-state index in [1.54, 1.807) is 5.38 Å². The zero-order chi connectivity index (χ0) is 13.7. The number of rotatable bonds is 5. The van der Waals surface area contributed by atoms with Gasteiger partial charge in [0.1, 0.15) is 5.01 Å². The lowest BCUT2D eigenvalue weighted by Gasteiger charge is -2.04. The number of hydrogen-bond acceptors (Lipinski definition) is 3. The summed E-state index contributed by atoms with van der Waals surface area (Å²) in [6.07, 6.45) is -4.51. The number of para-hydroxylation sites is 1. The maximum absolute atomic E-state index is 12.2. The van der Waals surface area contributed by atoms with E-state index in [2.05, 4.69) is 10.3 Å². The molecule has 2 rings (SSSR count). The lowest BCUT2D eigenvalue weighted by molar-refractivity contribution is -0.127. The third-order valence-corrected chi connectivity index (χ3v) is 3.33. The molecular formula is C13H13F3N2S. The Labute approximate surface area is 113 Å². The maximum atomic E-state index is 12.2. The summed E-state index contributed by atoms with van der Waals surface area (Å²) < 4.78 is 36.5. The Kier molecular flexibility index (Phi) is 4.42. The van der Waals surface area contributed by atoms with Crippen molar-refractivity contribution < 1.29 is 13.2 Å². The number of hydrogen-bond donors (Lipinski definition) is 1. The van der Waals surface area contributed by atoms with Crippen LogP contribution in [0.15, 0.2) is 35.7 Å². The first-order valence-corrected chi connectivity index (χ1v) is 6.70. The van der Waals surface area contributed by atoms with Crippen molar-refractivity contribution in [2.24, 2.45) is 0 Å². The first-order chi connectivity index (χ1) is 9.03. The highest BCUT2D eigenvalue weighted by Gasteiger charge is 2.29. The highest BCUT2D eigenvalue weighted by molar-refractivity contribution is 7.09. The van der Waals surface area contributed by atoms with E-state index in [0.29, 0.717) is 18.7 Å². The molecule has 0 atom stereocenters. The minimum absolute atomic E-state index is 0.127. The molecule has 0 fully saturated rings. The van der Waals surface area contributed by atoms with Crippen molar-refractivity contribution in [3.8, 4) is 0 Å². The average Bonchev–Trinajstić information content (AvgIpc) is 2.76. The predicted molar refractivity (Wildman–Crippen MR) is 70.5 cm³/mol. The topological polar surface area (TPSA) is 24.9 Å². The summed E-state index contributed by atoms with van der Waals surface area (Å²) in [6.45, 7) is 0.652. The molecule has 0 saturated heterocycles. The Bertz CT molecular complexity index is 508. The average molecular weight is 286 g/mol. The van der Waals surface area contributed by atoms with Crippen molar-refractivity contribution >= 4 is 17.0 Å². The van der Waals surface area contributed by atoms with E-state index in [9.17, 15) is 13.2 Å². The van der Waals surface area contributed by atoms with E-state index in [-0.39, 0.29) is 5.01 Å². The van der Waals surface area contributed by atoms with Crippen LogP contribution in [0.5, 0.6) is 0 Å². The van der Waals surface area contributed by atoms with Gasteiger partial charge in [-0.05, 0) is 12.1 Å². The van der Waals surface area contributed by atoms with Crippen LogP contribution in [0.4, 0.5) is 18.9 Å². The van der Waals surface area contributed by atoms with Gasteiger partial charge in [0.05, 0.1) is 12.1 Å². The molecule has 2 aromatic rings. The van der Waals surface area contributed by atoms with Crippen LogP contribution >= 0.6 is 11.3 Å². The van der Waals surface area contributed by atoms with Gasteiger partial charge in [-0.2, -0.15) is 13.2 Å². The molecule has 1 aromatic carbocycles. The van der Waals surface area contributed by atoms with Gasteiger partial charge in [0.2, 0.25) is 0 Å². The third kappa shape index (κ3) is 4.90. The predicted octanol–water partition coefficient (Wildman–Crippen LogP) is 3.90. The number of benzene rings is 1. The van der Waals surface area contributed by atoms with E-state index in [4.69, 9.17) is 0 Å². The van der Waals surface area contributed by atoms with E-state index in [1.165, 1.54) is 0 Å². The summed E-state index contributed by atoms with van der Waals surface area (Å²) in [4.78, 5) is 3.99. The molecule has 0 radical (unpaired) electrons. The molecule has 0 aliphatic carbocycles. The van der Waals surface area contributed by atoms with Crippen LogP contribution in [-0.4, -0.2) is 17.7 Å². The number of nitrogens with zero attached hydrogens (tertiary/aromatic N) is 1. The quantitative estimate of drug-likeness (QED) is 0.901. The number of thiazole rings is 1. The number of halogens is 3. The van der Waals surface area contributed by atoms with E-state index >= 15 is 0 Å². The molecule has 1 aromatic heterocycles. The molecule has 19 heavy (non-hydrogen) atoms. The Balaban J connectivity index is 1.81. The smallest absolute Gasteiger partial charge is 0.385 e. The molecule has 0 aliphatic heterocycles. The fraction of sp³-hybridized carbons (Fsp3) is 0.308. The highest BCUT2D eigenvalue weighted by atomic mass is 32.1. The Morgan fingerprint density at radius 3 is 2.58 bits per heavy atom. The van der Waals surface area contributed by atoms with E-state index in [0.717, 1.165) is 17.0 Å². The van der Waals surface area contributed by atoms with Crippen LogP contribution in [0.3, 0.4) is 0 Å². The summed E-state index contributed by atoms with van der Waals surface area (Å²) >= 11 is 1.06. The van der Waals surface area contributed by atoms with Gasteiger partial charge >= 0.3 is 6.18 Å². The zero-order valence-electron chi connectivity index (χ0n) is 10.1. The number of nitrogens with one attached hydrogen (secondary N) is 1. The van der Waals surface area contributed by atoms with Gasteiger partial charge in [0, 0.05) is 24.0 Å². The fourth-order valence-corrected chi connectivity index (χ4v) is 2.47. The van der Waals surface area contributed by atoms with Crippen LogP contribution in [-0.2, 0) is 12.8 Å². The first-order valence-electron chi connectivity index (χ1n) is 5.82. The van der Waals surface area contributed by atoms with Crippen LogP contribution in [0, 0.1) is 0 Å². The van der Waals surface area contributed by atoms with Gasteiger partial charge < -0.3 is 5.32 Å². The van der Waals surface area contributed by atoms with Gasteiger partial charge in [-0.1, -0.05) is 18.2 Å². The lowest BCUT2D eigenvalue weighted by Crippen LogP contribution is -2.11. The monoisotopic (exact) mass is 286 g/mol. The van der Waals surface area contributed by atoms with Crippen molar-refractivity contribution in [3.63, 3.8) is 0 Å². The minimum atomic E-state index is -4.18. The SMILES string of the molecule is FC(F)(F)Cc1nc(CCNc2ccccc2)cs1. The molecule has 0 amide bonds. The van der Waals surface area contributed by atoms with Crippen LogP contribution in [0.25, 0.3) is 0 Å². The van der Waals surface area contributed by atoms with Crippen molar-refractivity contribution in [1.29, 1.82) is 0 Å². The Morgan fingerprint density at radius 1 is 1.16 bits per heavy atom. The summed E-state index contributed by atoms with van der Waals surface area (Å²) in [5.74, 6) is 0. The van der Waals surface area contributed by atoms with Crippen LogP contribution < -0.4 is 5.32 Å². The number of aromatic nitrogens is 1. The molecule has 102 valence electrons. The molecule has 1 heterocycles. The molecular weight excluding hydrogens is 273 g/mol. The molecule has 0 saturated carbocycles. The Morgan fingerprint density at radius 2 is 1.89 bits per heavy atom. The molecule has 0 bridgehead atoms. The largest absolute Gasteiger partial charge is 0.395 e. The number of alkyl halides is 3.